The lowest BCUT2D eigenvalue weighted by atomic mass is 9.87. The van der Waals surface area contributed by atoms with E-state index >= 15 is 0 Å². The number of imidazole rings is 1. The van der Waals surface area contributed by atoms with Crippen LogP contribution in [0.4, 0.5) is 0 Å². The van der Waals surface area contributed by atoms with Gasteiger partial charge in [0, 0.05) is 18.0 Å². The minimum Gasteiger partial charge on any atom is -0.481 e. The number of hydrogen-bond donors (Lipinski definition) is 2. The van der Waals surface area contributed by atoms with Crippen LogP contribution in [0.2, 0.25) is 5.02 Å². The minimum absolute atomic E-state index is 0.0470. The molecule has 1 aromatic carbocycles. The lowest BCUT2D eigenvalue weighted by molar-refractivity contribution is -0.143. The highest BCUT2D eigenvalue weighted by Crippen LogP contribution is 2.33. The van der Waals surface area contributed by atoms with Crippen molar-refractivity contribution in [2.45, 2.75) is 31.8 Å². The number of carboxylic acid groups (broad SMARTS) is 1. The fourth-order valence-corrected chi connectivity index (χ4v) is 4.47. The summed E-state index contributed by atoms with van der Waals surface area (Å²) in [5.41, 5.74) is 3.95. The Balaban J connectivity index is 1.43. The first-order valence-electron chi connectivity index (χ1n) is 10.00. The van der Waals surface area contributed by atoms with Crippen molar-refractivity contribution >= 4 is 39.6 Å². The topological polar surface area (TPSA) is 93.0 Å². The van der Waals surface area contributed by atoms with Crippen LogP contribution in [0.5, 0.6) is 6.01 Å². The lowest BCUT2D eigenvalue weighted by Gasteiger charge is -2.25. The predicted molar refractivity (Wildman–Crippen MR) is 115 cm³/mol. The van der Waals surface area contributed by atoms with Crippen LogP contribution >= 0.6 is 11.6 Å². The van der Waals surface area contributed by atoms with Gasteiger partial charge in [-0.1, -0.05) is 29.8 Å². The number of fused-ring (bicyclic) bond motifs is 2. The molecule has 2 N–H and O–H groups in total. The van der Waals surface area contributed by atoms with E-state index in [1.54, 1.807) is 6.07 Å². The summed E-state index contributed by atoms with van der Waals surface area (Å²) in [6.07, 6.45) is 2.59. The van der Waals surface area contributed by atoms with Gasteiger partial charge in [-0.25, -0.2) is 4.98 Å². The van der Waals surface area contributed by atoms with Gasteiger partial charge in [0.05, 0.1) is 16.6 Å². The summed E-state index contributed by atoms with van der Waals surface area (Å²) in [5, 5.41) is 10.8. The quantitative estimate of drug-likeness (QED) is 0.491. The second-order valence-electron chi connectivity index (χ2n) is 7.81. The number of benzene rings is 1. The van der Waals surface area contributed by atoms with Gasteiger partial charge >= 0.3 is 5.97 Å². The third-order valence-electron chi connectivity index (χ3n) is 5.90. The molecule has 0 unspecified atom stereocenters. The zero-order valence-corrected chi connectivity index (χ0v) is 17.2. The number of rotatable bonds is 4. The Morgan fingerprint density at radius 1 is 1.20 bits per heavy atom. The fourth-order valence-electron chi connectivity index (χ4n) is 4.23. The third kappa shape index (κ3) is 3.29. The van der Waals surface area contributed by atoms with Gasteiger partial charge < -0.3 is 14.4 Å². The number of nitrogens with one attached hydrogen (secondary N) is 1. The number of ether oxygens (including phenoxy) is 1. The number of H-pyrrole nitrogens is 1. The van der Waals surface area contributed by atoms with Crippen molar-refractivity contribution in [3.8, 4) is 17.4 Å². The fraction of sp³-hybridized carbons (Fsp3) is 0.318. The Morgan fingerprint density at radius 3 is 2.70 bits per heavy atom. The Bertz CT molecular complexity index is 1250. The predicted octanol–water partition coefficient (Wildman–Crippen LogP) is 4.79. The van der Waals surface area contributed by atoms with Gasteiger partial charge in [0.25, 0.3) is 6.01 Å². The van der Waals surface area contributed by atoms with Gasteiger partial charge in [0.2, 0.25) is 0 Å². The molecule has 0 aliphatic heterocycles. The average Bonchev–Trinajstić information content (AvgIpc) is 3.27. The number of para-hydroxylation sites is 1. The Hall–Kier alpha value is -3.06. The number of halogens is 1. The first kappa shape index (κ1) is 18.9. The SMILES string of the molecule is Cn1c(-c2nc3[nH]c(O[C@H]4CC[C@H](C(=O)O)CC4)nc3cc2Cl)cc2ccccc21. The van der Waals surface area contributed by atoms with Crippen molar-refractivity contribution in [3.63, 3.8) is 0 Å². The van der Waals surface area contributed by atoms with Crippen molar-refractivity contribution < 1.29 is 14.6 Å². The molecule has 0 atom stereocenters. The monoisotopic (exact) mass is 424 g/mol. The van der Waals surface area contributed by atoms with Gasteiger partial charge in [0.15, 0.2) is 5.65 Å². The average molecular weight is 425 g/mol. The first-order valence-corrected chi connectivity index (χ1v) is 10.4. The van der Waals surface area contributed by atoms with Gasteiger partial charge in [-0.3, -0.25) is 9.78 Å². The van der Waals surface area contributed by atoms with E-state index in [0.29, 0.717) is 53.6 Å². The zero-order chi connectivity index (χ0) is 20.8. The van der Waals surface area contributed by atoms with Gasteiger partial charge in [-0.15, -0.1) is 0 Å². The maximum absolute atomic E-state index is 11.1. The number of aliphatic carboxylic acids is 1. The molecule has 1 aliphatic carbocycles. The summed E-state index contributed by atoms with van der Waals surface area (Å²) in [4.78, 5) is 23.5. The van der Waals surface area contributed by atoms with Crippen LogP contribution in [0, 0.1) is 5.92 Å². The number of carbonyl (C=O) groups is 1. The summed E-state index contributed by atoms with van der Waals surface area (Å²) in [6.45, 7) is 0. The number of hydrogen-bond acceptors (Lipinski definition) is 4. The zero-order valence-electron chi connectivity index (χ0n) is 16.4. The van der Waals surface area contributed by atoms with Crippen molar-refractivity contribution in [1.82, 2.24) is 19.5 Å². The molecule has 1 aliphatic rings. The second-order valence-corrected chi connectivity index (χ2v) is 8.21. The number of carboxylic acids is 1. The highest BCUT2D eigenvalue weighted by Gasteiger charge is 2.27. The van der Waals surface area contributed by atoms with Crippen molar-refractivity contribution in [1.29, 1.82) is 0 Å². The van der Waals surface area contributed by atoms with E-state index < -0.39 is 5.97 Å². The molecule has 0 saturated heterocycles. The van der Waals surface area contributed by atoms with Crippen molar-refractivity contribution in [3.05, 3.63) is 41.4 Å². The smallest absolute Gasteiger partial charge is 0.306 e. The molecule has 3 heterocycles. The van der Waals surface area contributed by atoms with Crippen LogP contribution in [0.25, 0.3) is 33.5 Å². The van der Waals surface area contributed by atoms with E-state index in [4.69, 9.17) is 26.4 Å². The summed E-state index contributed by atoms with van der Waals surface area (Å²) >= 11 is 6.56. The number of pyridine rings is 1. The van der Waals surface area contributed by atoms with E-state index in [-0.39, 0.29) is 12.0 Å². The van der Waals surface area contributed by atoms with E-state index in [1.807, 2.05) is 19.2 Å². The van der Waals surface area contributed by atoms with Crippen LogP contribution in [-0.4, -0.2) is 36.7 Å². The van der Waals surface area contributed by atoms with E-state index in [9.17, 15) is 4.79 Å². The number of nitrogens with zero attached hydrogens (tertiary/aromatic N) is 3. The molecule has 30 heavy (non-hydrogen) atoms. The third-order valence-corrected chi connectivity index (χ3v) is 6.19. The number of aromatic nitrogens is 4. The highest BCUT2D eigenvalue weighted by molar-refractivity contribution is 6.33. The van der Waals surface area contributed by atoms with Crippen LogP contribution in [0.1, 0.15) is 25.7 Å². The molecule has 8 heteroatoms. The summed E-state index contributed by atoms with van der Waals surface area (Å²) in [7, 11) is 1.99. The molecule has 1 saturated carbocycles. The molecular weight excluding hydrogens is 404 g/mol. The molecular formula is C22H21ClN4O3. The molecule has 1 fully saturated rings. The summed E-state index contributed by atoms with van der Waals surface area (Å²) < 4.78 is 8.05. The molecule has 0 spiro atoms. The Labute approximate surface area is 177 Å². The first-order chi connectivity index (χ1) is 14.5. The standard InChI is InChI=1S/C22H21ClN4O3/c1-27-17-5-3-2-4-13(17)10-18(27)19-15(23)11-16-20(25-19)26-22(24-16)30-14-8-6-12(7-9-14)21(28)29/h2-5,10-12,14H,6-9H2,1H3,(H,28,29)(H,24,25,26)/t12-,14-. The Morgan fingerprint density at radius 2 is 1.97 bits per heavy atom. The van der Waals surface area contributed by atoms with Crippen LogP contribution < -0.4 is 4.74 Å². The maximum atomic E-state index is 11.1. The van der Waals surface area contributed by atoms with E-state index in [1.165, 1.54) is 0 Å². The normalized spacial score (nSPS) is 19.4. The lowest BCUT2D eigenvalue weighted by Crippen LogP contribution is -2.28. The molecule has 7 nitrogen and oxygen atoms in total. The molecule has 0 amide bonds. The number of aromatic amines is 1. The van der Waals surface area contributed by atoms with E-state index in [2.05, 4.69) is 32.7 Å². The van der Waals surface area contributed by atoms with Gasteiger partial charge in [0.1, 0.15) is 17.3 Å². The highest BCUT2D eigenvalue weighted by atomic mass is 35.5. The molecule has 4 aromatic rings. The summed E-state index contributed by atoms with van der Waals surface area (Å²) in [5.74, 6) is -0.999. The Kier molecular flexibility index (Phi) is 4.62. The molecule has 5 rings (SSSR count). The summed E-state index contributed by atoms with van der Waals surface area (Å²) in [6, 6.07) is 12.4. The largest absolute Gasteiger partial charge is 0.481 e. The van der Waals surface area contributed by atoms with Gasteiger partial charge in [-0.05, 0) is 43.9 Å². The maximum Gasteiger partial charge on any atom is 0.306 e. The van der Waals surface area contributed by atoms with Gasteiger partial charge in [-0.2, -0.15) is 4.98 Å². The van der Waals surface area contributed by atoms with Crippen LogP contribution in [-0.2, 0) is 11.8 Å². The van der Waals surface area contributed by atoms with Crippen molar-refractivity contribution in [2.24, 2.45) is 13.0 Å². The molecule has 0 radical (unpaired) electrons. The van der Waals surface area contributed by atoms with Crippen LogP contribution in [0.15, 0.2) is 36.4 Å². The molecule has 0 bridgehead atoms. The van der Waals surface area contributed by atoms with E-state index in [0.717, 1.165) is 16.6 Å². The second kappa shape index (κ2) is 7.32. The minimum atomic E-state index is -0.725. The van der Waals surface area contributed by atoms with Crippen LogP contribution in [0.3, 0.4) is 0 Å². The van der Waals surface area contributed by atoms with Crippen molar-refractivity contribution in [2.75, 3.05) is 0 Å². The molecule has 154 valence electrons. The molecule has 3 aromatic heterocycles. The number of aryl methyl sites for hydroxylation is 1.